The number of benzene rings is 1. The number of nitrogens with zero attached hydrogens (tertiary/aromatic N) is 3. The highest BCUT2D eigenvalue weighted by Gasteiger charge is 2.17. The summed E-state index contributed by atoms with van der Waals surface area (Å²) in [7, 11) is 0. The van der Waals surface area contributed by atoms with Crippen LogP contribution in [0.1, 0.15) is 23.7 Å². The van der Waals surface area contributed by atoms with Crippen molar-refractivity contribution in [2.45, 2.75) is 27.3 Å². The van der Waals surface area contributed by atoms with Gasteiger partial charge < -0.3 is 10.6 Å². The first-order chi connectivity index (χ1) is 9.58. The van der Waals surface area contributed by atoms with E-state index in [1.807, 2.05) is 31.7 Å². The number of aromatic nitrogens is 2. The van der Waals surface area contributed by atoms with E-state index in [0.717, 1.165) is 22.5 Å². The molecule has 0 bridgehead atoms. The second-order valence-electron chi connectivity index (χ2n) is 4.64. The molecule has 0 aliphatic carbocycles. The van der Waals surface area contributed by atoms with Crippen molar-refractivity contribution in [3.05, 3.63) is 46.9 Å². The van der Waals surface area contributed by atoms with Crippen LogP contribution in [-0.2, 0) is 6.54 Å². The Balaban J connectivity index is 2.55. The fourth-order valence-corrected chi connectivity index (χ4v) is 2.20. The second kappa shape index (κ2) is 5.96. The van der Waals surface area contributed by atoms with E-state index in [4.69, 9.17) is 5.73 Å². The Morgan fingerprint density at radius 1 is 1.25 bits per heavy atom. The van der Waals surface area contributed by atoms with Gasteiger partial charge in [-0.2, -0.15) is 5.10 Å². The molecule has 1 aromatic carbocycles. The molecule has 4 nitrogen and oxygen atoms in total. The molecule has 0 fully saturated rings. The molecule has 0 aliphatic heterocycles. The number of hydrogen-bond donors (Lipinski definition) is 1. The SMILES string of the molecule is CCN(c1cccc(F)c1)c1nnc(C)c(C)c1CN. The van der Waals surface area contributed by atoms with E-state index in [-0.39, 0.29) is 5.82 Å². The molecule has 0 amide bonds. The van der Waals surface area contributed by atoms with Gasteiger partial charge in [0.2, 0.25) is 0 Å². The van der Waals surface area contributed by atoms with E-state index >= 15 is 0 Å². The van der Waals surface area contributed by atoms with Crippen molar-refractivity contribution < 1.29 is 4.39 Å². The molecule has 0 unspecified atom stereocenters. The smallest absolute Gasteiger partial charge is 0.160 e. The van der Waals surface area contributed by atoms with Crippen LogP contribution in [0.25, 0.3) is 0 Å². The summed E-state index contributed by atoms with van der Waals surface area (Å²) in [6.07, 6.45) is 0. The summed E-state index contributed by atoms with van der Waals surface area (Å²) in [5.41, 5.74) is 9.45. The Morgan fingerprint density at radius 2 is 2.00 bits per heavy atom. The maximum Gasteiger partial charge on any atom is 0.160 e. The van der Waals surface area contributed by atoms with Gasteiger partial charge >= 0.3 is 0 Å². The Hall–Kier alpha value is -2.01. The summed E-state index contributed by atoms with van der Waals surface area (Å²) in [6.45, 7) is 6.91. The van der Waals surface area contributed by atoms with Gasteiger partial charge in [-0.1, -0.05) is 6.07 Å². The van der Waals surface area contributed by atoms with Gasteiger partial charge in [0, 0.05) is 24.3 Å². The van der Waals surface area contributed by atoms with Gasteiger partial charge in [0.25, 0.3) is 0 Å². The Bertz CT molecular complexity index is 613. The van der Waals surface area contributed by atoms with Crippen molar-refractivity contribution >= 4 is 11.5 Å². The molecule has 20 heavy (non-hydrogen) atoms. The number of hydrogen-bond acceptors (Lipinski definition) is 4. The first-order valence-corrected chi connectivity index (χ1v) is 6.64. The third-order valence-corrected chi connectivity index (χ3v) is 3.46. The molecule has 2 rings (SSSR count). The number of anilines is 2. The van der Waals surface area contributed by atoms with Crippen LogP contribution in [0.5, 0.6) is 0 Å². The molecule has 2 aromatic rings. The predicted molar refractivity (Wildman–Crippen MR) is 78.5 cm³/mol. The van der Waals surface area contributed by atoms with E-state index in [0.29, 0.717) is 18.9 Å². The maximum atomic E-state index is 13.4. The first-order valence-electron chi connectivity index (χ1n) is 6.64. The lowest BCUT2D eigenvalue weighted by Crippen LogP contribution is -2.22. The molecule has 2 N–H and O–H groups in total. The predicted octanol–water partition coefficient (Wildman–Crippen LogP) is 2.85. The molecular formula is C15H19FN4. The number of rotatable bonds is 4. The third kappa shape index (κ3) is 2.63. The van der Waals surface area contributed by atoms with Gasteiger partial charge in [0.15, 0.2) is 5.82 Å². The lowest BCUT2D eigenvalue weighted by atomic mass is 10.1. The highest BCUT2D eigenvalue weighted by atomic mass is 19.1. The lowest BCUT2D eigenvalue weighted by molar-refractivity contribution is 0.627. The highest BCUT2D eigenvalue weighted by molar-refractivity contribution is 5.63. The molecule has 1 heterocycles. The van der Waals surface area contributed by atoms with Crippen LogP contribution in [-0.4, -0.2) is 16.7 Å². The average molecular weight is 274 g/mol. The Kier molecular flexibility index (Phi) is 4.29. The van der Waals surface area contributed by atoms with Crippen molar-refractivity contribution in [2.75, 3.05) is 11.4 Å². The maximum absolute atomic E-state index is 13.4. The molecule has 0 radical (unpaired) electrons. The van der Waals surface area contributed by atoms with Crippen LogP contribution in [0.2, 0.25) is 0 Å². The molecule has 0 saturated carbocycles. The molecule has 0 saturated heterocycles. The normalized spacial score (nSPS) is 10.7. The second-order valence-corrected chi connectivity index (χ2v) is 4.64. The fourth-order valence-electron chi connectivity index (χ4n) is 2.20. The molecule has 0 spiro atoms. The van der Waals surface area contributed by atoms with Gasteiger partial charge in [-0.3, -0.25) is 0 Å². The molecule has 0 aliphatic rings. The van der Waals surface area contributed by atoms with E-state index in [9.17, 15) is 4.39 Å². The van der Waals surface area contributed by atoms with Crippen LogP contribution >= 0.6 is 0 Å². The van der Waals surface area contributed by atoms with E-state index in [2.05, 4.69) is 10.2 Å². The number of nitrogens with two attached hydrogens (primary N) is 1. The van der Waals surface area contributed by atoms with Crippen LogP contribution < -0.4 is 10.6 Å². The summed E-state index contributed by atoms with van der Waals surface area (Å²) in [5.74, 6) is 0.427. The zero-order valence-electron chi connectivity index (χ0n) is 12.0. The van der Waals surface area contributed by atoms with Gasteiger partial charge in [0.05, 0.1) is 5.69 Å². The number of halogens is 1. The molecule has 106 valence electrons. The highest BCUT2D eigenvalue weighted by Crippen LogP contribution is 2.28. The summed E-state index contributed by atoms with van der Waals surface area (Å²) in [4.78, 5) is 1.92. The minimum atomic E-state index is -0.271. The van der Waals surface area contributed by atoms with Gasteiger partial charge in [-0.25, -0.2) is 4.39 Å². The molecule has 5 heteroatoms. The molecule has 0 atom stereocenters. The van der Waals surface area contributed by atoms with E-state index in [1.165, 1.54) is 12.1 Å². The zero-order chi connectivity index (χ0) is 14.7. The molecule has 1 aromatic heterocycles. The lowest BCUT2D eigenvalue weighted by Gasteiger charge is -2.25. The first kappa shape index (κ1) is 14.4. The fraction of sp³-hybridized carbons (Fsp3) is 0.333. The van der Waals surface area contributed by atoms with E-state index in [1.54, 1.807) is 6.07 Å². The third-order valence-electron chi connectivity index (χ3n) is 3.46. The monoisotopic (exact) mass is 274 g/mol. The van der Waals surface area contributed by atoms with Gasteiger partial charge in [-0.05, 0) is 44.5 Å². The summed E-state index contributed by atoms with van der Waals surface area (Å²) >= 11 is 0. The van der Waals surface area contributed by atoms with Crippen molar-refractivity contribution in [1.29, 1.82) is 0 Å². The van der Waals surface area contributed by atoms with Crippen LogP contribution in [0.4, 0.5) is 15.9 Å². The minimum absolute atomic E-state index is 0.271. The van der Waals surface area contributed by atoms with Crippen LogP contribution in [0.15, 0.2) is 24.3 Å². The Morgan fingerprint density at radius 3 is 2.60 bits per heavy atom. The largest absolute Gasteiger partial charge is 0.326 e. The van der Waals surface area contributed by atoms with Crippen LogP contribution in [0, 0.1) is 19.7 Å². The van der Waals surface area contributed by atoms with Gasteiger partial charge in [0.1, 0.15) is 5.82 Å². The van der Waals surface area contributed by atoms with E-state index < -0.39 is 0 Å². The summed E-state index contributed by atoms with van der Waals surface area (Å²) < 4.78 is 13.4. The van der Waals surface area contributed by atoms with Crippen LogP contribution in [0.3, 0.4) is 0 Å². The topological polar surface area (TPSA) is 55.0 Å². The summed E-state index contributed by atoms with van der Waals surface area (Å²) in [6, 6.07) is 6.45. The van der Waals surface area contributed by atoms with Gasteiger partial charge in [-0.15, -0.1) is 5.10 Å². The molecular weight excluding hydrogens is 255 g/mol. The minimum Gasteiger partial charge on any atom is -0.326 e. The standard InChI is InChI=1S/C15H19FN4/c1-4-20(13-7-5-6-12(16)8-13)15-14(9-17)10(2)11(3)18-19-15/h5-8H,4,9,17H2,1-3H3. The van der Waals surface area contributed by atoms with Crippen molar-refractivity contribution in [3.63, 3.8) is 0 Å². The Labute approximate surface area is 118 Å². The summed E-state index contributed by atoms with van der Waals surface area (Å²) in [5, 5.41) is 8.42. The van der Waals surface area contributed by atoms with Crippen molar-refractivity contribution in [2.24, 2.45) is 5.73 Å². The average Bonchev–Trinajstić information content (AvgIpc) is 2.44. The quantitative estimate of drug-likeness (QED) is 0.931. The van der Waals surface area contributed by atoms with Crippen molar-refractivity contribution in [1.82, 2.24) is 10.2 Å². The van der Waals surface area contributed by atoms with Crippen molar-refractivity contribution in [3.8, 4) is 0 Å². The zero-order valence-corrected chi connectivity index (χ0v) is 12.0. The number of aryl methyl sites for hydroxylation is 1.